The number of hydrogen-bond donors (Lipinski definition) is 2. The van der Waals surface area contributed by atoms with Crippen molar-refractivity contribution in [1.29, 1.82) is 0 Å². The lowest BCUT2D eigenvalue weighted by atomic mass is 9.98. The third-order valence-electron chi connectivity index (χ3n) is 3.27. The van der Waals surface area contributed by atoms with Crippen LogP contribution in [0.15, 0.2) is 36.5 Å². The monoisotopic (exact) mass is 293 g/mol. The molecular weight excluding hydrogens is 277 g/mol. The summed E-state index contributed by atoms with van der Waals surface area (Å²) >= 11 is 5.91. The first-order valence-electron chi connectivity index (χ1n) is 6.49. The molecule has 106 valence electrons. The number of rotatable bonds is 5. The average molecular weight is 294 g/mol. The highest BCUT2D eigenvalue weighted by Gasteiger charge is 2.17. The lowest BCUT2D eigenvalue weighted by Gasteiger charge is -2.18. The number of hydrazine groups is 1. The van der Waals surface area contributed by atoms with Crippen LogP contribution in [0.25, 0.3) is 0 Å². The van der Waals surface area contributed by atoms with Gasteiger partial charge in [0.2, 0.25) is 0 Å². The number of aromatic nitrogens is 1. The number of benzene rings is 1. The van der Waals surface area contributed by atoms with Crippen molar-refractivity contribution in [3.05, 3.63) is 64.2 Å². The molecule has 1 heterocycles. The van der Waals surface area contributed by atoms with Crippen LogP contribution in [0.5, 0.6) is 0 Å². The lowest BCUT2D eigenvalue weighted by Crippen LogP contribution is -2.31. The van der Waals surface area contributed by atoms with E-state index in [0.717, 1.165) is 17.7 Å². The van der Waals surface area contributed by atoms with Gasteiger partial charge < -0.3 is 0 Å². The van der Waals surface area contributed by atoms with E-state index in [1.807, 2.05) is 19.1 Å². The van der Waals surface area contributed by atoms with Crippen molar-refractivity contribution in [2.75, 3.05) is 0 Å². The summed E-state index contributed by atoms with van der Waals surface area (Å²) < 4.78 is 13.8. The van der Waals surface area contributed by atoms with Crippen molar-refractivity contribution in [2.45, 2.75) is 25.8 Å². The third kappa shape index (κ3) is 3.33. The molecule has 0 saturated carbocycles. The Hall–Kier alpha value is -1.49. The molecule has 3 nitrogen and oxygen atoms in total. The predicted octanol–water partition coefficient (Wildman–Crippen LogP) is 3.18. The van der Waals surface area contributed by atoms with E-state index in [2.05, 4.69) is 10.4 Å². The van der Waals surface area contributed by atoms with Crippen molar-refractivity contribution < 1.29 is 4.39 Å². The fourth-order valence-corrected chi connectivity index (χ4v) is 2.41. The fraction of sp³-hybridized carbons (Fsp3) is 0.267. The van der Waals surface area contributed by atoms with Crippen LogP contribution in [0.4, 0.5) is 4.39 Å². The Balaban J connectivity index is 2.31. The largest absolute Gasteiger partial charge is 0.271 e. The topological polar surface area (TPSA) is 50.9 Å². The molecule has 2 rings (SSSR count). The number of aryl methyl sites for hydroxylation is 1. The number of nitrogens with zero attached hydrogens (tertiary/aromatic N) is 1. The smallest absolute Gasteiger partial charge is 0.126 e. The summed E-state index contributed by atoms with van der Waals surface area (Å²) in [6.45, 7) is 2.05. The van der Waals surface area contributed by atoms with Crippen LogP contribution in [-0.4, -0.2) is 4.98 Å². The van der Waals surface area contributed by atoms with E-state index in [4.69, 9.17) is 17.4 Å². The van der Waals surface area contributed by atoms with Crippen molar-refractivity contribution in [2.24, 2.45) is 5.84 Å². The van der Waals surface area contributed by atoms with Gasteiger partial charge in [-0.1, -0.05) is 24.6 Å². The van der Waals surface area contributed by atoms with E-state index in [1.54, 1.807) is 12.3 Å². The second-order valence-corrected chi connectivity index (χ2v) is 5.00. The molecule has 1 aromatic carbocycles. The Bertz CT molecular complexity index is 589. The molecule has 0 aliphatic carbocycles. The summed E-state index contributed by atoms with van der Waals surface area (Å²) in [5.74, 6) is 5.33. The van der Waals surface area contributed by atoms with Gasteiger partial charge in [-0.2, -0.15) is 0 Å². The Labute approximate surface area is 122 Å². The number of pyridine rings is 1. The second kappa shape index (κ2) is 6.79. The molecule has 0 aliphatic rings. The fourth-order valence-electron chi connectivity index (χ4n) is 2.22. The zero-order valence-electron chi connectivity index (χ0n) is 11.2. The van der Waals surface area contributed by atoms with Gasteiger partial charge in [-0.15, -0.1) is 0 Å². The van der Waals surface area contributed by atoms with E-state index in [-0.39, 0.29) is 11.9 Å². The van der Waals surface area contributed by atoms with E-state index in [0.29, 0.717) is 17.0 Å². The minimum atomic E-state index is -0.288. The van der Waals surface area contributed by atoms with Gasteiger partial charge >= 0.3 is 0 Å². The maximum absolute atomic E-state index is 13.8. The molecular formula is C15H17ClFN3. The number of nitrogens with one attached hydrogen (secondary N) is 1. The van der Waals surface area contributed by atoms with Gasteiger partial charge in [-0.05, 0) is 48.2 Å². The minimum absolute atomic E-state index is 0.251. The minimum Gasteiger partial charge on any atom is -0.271 e. The molecule has 5 heteroatoms. The van der Waals surface area contributed by atoms with E-state index >= 15 is 0 Å². The van der Waals surface area contributed by atoms with Crippen LogP contribution < -0.4 is 11.3 Å². The number of hydrogen-bond acceptors (Lipinski definition) is 3. The van der Waals surface area contributed by atoms with E-state index in [1.165, 1.54) is 12.1 Å². The maximum atomic E-state index is 13.8. The predicted molar refractivity (Wildman–Crippen MR) is 78.8 cm³/mol. The Morgan fingerprint density at radius 3 is 2.85 bits per heavy atom. The quantitative estimate of drug-likeness (QED) is 0.657. The summed E-state index contributed by atoms with van der Waals surface area (Å²) in [7, 11) is 0. The van der Waals surface area contributed by atoms with Crippen LogP contribution in [0, 0.1) is 5.82 Å². The van der Waals surface area contributed by atoms with Crippen LogP contribution in [0.3, 0.4) is 0 Å². The SMILES string of the molecule is CCc1cccnc1C(Cc1cc(Cl)ccc1F)NN. The number of nitrogens with two attached hydrogens (primary N) is 1. The standard InChI is InChI=1S/C15H17ClFN3/c1-2-10-4-3-7-19-15(10)14(20-18)9-11-8-12(16)5-6-13(11)17/h3-8,14,20H,2,9,18H2,1H3. The van der Waals surface area contributed by atoms with E-state index < -0.39 is 0 Å². The zero-order valence-corrected chi connectivity index (χ0v) is 12.0. The Kier molecular flexibility index (Phi) is 5.06. The first kappa shape index (κ1) is 14.9. The first-order chi connectivity index (χ1) is 9.65. The average Bonchev–Trinajstić information content (AvgIpc) is 2.48. The maximum Gasteiger partial charge on any atom is 0.126 e. The third-order valence-corrected chi connectivity index (χ3v) is 3.51. The van der Waals surface area contributed by atoms with Crippen LogP contribution in [0.2, 0.25) is 5.02 Å². The van der Waals surface area contributed by atoms with Crippen molar-refractivity contribution in [3.8, 4) is 0 Å². The van der Waals surface area contributed by atoms with Crippen molar-refractivity contribution in [1.82, 2.24) is 10.4 Å². The summed E-state index contributed by atoms with van der Waals surface area (Å²) in [6.07, 6.45) is 2.96. The highest BCUT2D eigenvalue weighted by atomic mass is 35.5. The second-order valence-electron chi connectivity index (χ2n) is 4.56. The van der Waals surface area contributed by atoms with Gasteiger partial charge in [-0.3, -0.25) is 16.3 Å². The molecule has 1 atom stereocenters. The molecule has 0 amide bonds. The number of halogens is 2. The van der Waals surface area contributed by atoms with Gasteiger partial charge in [0, 0.05) is 11.2 Å². The van der Waals surface area contributed by atoms with Crippen LogP contribution in [0.1, 0.15) is 29.8 Å². The zero-order chi connectivity index (χ0) is 14.5. The highest BCUT2D eigenvalue weighted by molar-refractivity contribution is 6.30. The van der Waals surface area contributed by atoms with Crippen LogP contribution in [-0.2, 0) is 12.8 Å². The summed E-state index contributed by atoms with van der Waals surface area (Å²) in [4.78, 5) is 4.37. The lowest BCUT2D eigenvalue weighted by molar-refractivity contribution is 0.515. The Morgan fingerprint density at radius 1 is 1.35 bits per heavy atom. The van der Waals surface area contributed by atoms with Crippen molar-refractivity contribution in [3.63, 3.8) is 0 Å². The van der Waals surface area contributed by atoms with Gasteiger partial charge in [-0.25, -0.2) is 4.39 Å². The molecule has 3 N–H and O–H groups in total. The highest BCUT2D eigenvalue weighted by Crippen LogP contribution is 2.23. The molecule has 20 heavy (non-hydrogen) atoms. The van der Waals surface area contributed by atoms with Crippen molar-refractivity contribution >= 4 is 11.6 Å². The summed E-state index contributed by atoms with van der Waals surface area (Å²) in [6, 6.07) is 8.15. The van der Waals surface area contributed by atoms with Crippen LogP contribution >= 0.6 is 11.6 Å². The summed E-state index contributed by atoms with van der Waals surface area (Å²) in [5, 5.41) is 0.508. The van der Waals surface area contributed by atoms with Gasteiger partial charge in [0.15, 0.2) is 0 Å². The van der Waals surface area contributed by atoms with Gasteiger partial charge in [0.1, 0.15) is 5.82 Å². The molecule has 0 fully saturated rings. The molecule has 1 aromatic heterocycles. The molecule has 0 bridgehead atoms. The molecule has 0 saturated heterocycles. The molecule has 1 unspecified atom stereocenters. The Morgan fingerprint density at radius 2 is 2.15 bits per heavy atom. The van der Waals surface area contributed by atoms with Gasteiger partial charge in [0.05, 0.1) is 11.7 Å². The molecule has 0 aliphatic heterocycles. The van der Waals surface area contributed by atoms with Gasteiger partial charge in [0.25, 0.3) is 0 Å². The molecule has 2 aromatic rings. The normalized spacial score (nSPS) is 12.4. The summed E-state index contributed by atoms with van der Waals surface area (Å²) in [5.41, 5.74) is 5.18. The van der Waals surface area contributed by atoms with E-state index in [9.17, 15) is 4.39 Å². The first-order valence-corrected chi connectivity index (χ1v) is 6.87. The molecule has 0 spiro atoms. The molecule has 0 radical (unpaired) electrons.